The zero-order valence-corrected chi connectivity index (χ0v) is 49.8. The van der Waals surface area contributed by atoms with Crippen LogP contribution in [0.4, 0.5) is 0 Å². The van der Waals surface area contributed by atoms with Gasteiger partial charge in [0, 0.05) is 30.8 Å². The van der Waals surface area contributed by atoms with Crippen LogP contribution in [0.3, 0.4) is 0 Å². The molecule has 8 saturated carbocycles. The zero-order valence-electron chi connectivity index (χ0n) is 47.3. The summed E-state index contributed by atoms with van der Waals surface area (Å²) >= 11 is 0.929. The van der Waals surface area contributed by atoms with E-state index in [4.69, 9.17) is 9.81 Å². The highest BCUT2D eigenvalue weighted by molar-refractivity contribution is 7.93. The van der Waals surface area contributed by atoms with Gasteiger partial charge in [-0.05, 0) is 192 Å². The molecule has 0 radical (unpaired) electrons. The third-order valence-corrected chi connectivity index (χ3v) is 20.8. The fourth-order valence-electron chi connectivity index (χ4n) is 16.1. The van der Waals surface area contributed by atoms with Gasteiger partial charge in [0.25, 0.3) is 10.1 Å². The molecule has 0 amide bonds. The molecule has 8 nitrogen and oxygen atoms in total. The first kappa shape index (κ1) is 61.2. The molecule has 8 fully saturated rings. The summed E-state index contributed by atoms with van der Waals surface area (Å²) in [5, 5.41) is 10.5. The van der Waals surface area contributed by atoms with Gasteiger partial charge in [-0.1, -0.05) is 182 Å². The molecule has 0 saturated heterocycles. The number of rotatable bonds is 6. The van der Waals surface area contributed by atoms with E-state index >= 15 is 0 Å². The van der Waals surface area contributed by atoms with Crippen LogP contribution in [0.15, 0.2) is 121 Å². The molecule has 8 aliphatic carbocycles. The van der Waals surface area contributed by atoms with Crippen LogP contribution in [-0.4, -0.2) is 51.7 Å². The first-order valence-corrected chi connectivity index (χ1v) is 33.6. The van der Waals surface area contributed by atoms with Gasteiger partial charge in [0.2, 0.25) is 0 Å². The van der Waals surface area contributed by atoms with Crippen LogP contribution >= 0.6 is 12.0 Å². The van der Waals surface area contributed by atoms with Crippen molar-refractivity contribution in [2.75, 3.05) is 25.0 Å². The maximum absolute atomic E-state index is 9.63. The lowest BCUT2D eigenvalue weighted by atomic mass is 9.73. The first-order chi connectivity index (χ1) is 35.5. The molecule has 75 heavy (non-hydrogen) atoms. The van der Waals surface area contributed by atoms with Gasteiger partial charge < -0.3 is 0 Å². The van der Waals surface area contributed by atoms with Gasteiger partial charge in [0.1, 0.15) is 9.84 Å². The standard InChI is InChI=1S/4C15H20.C2H6O2S.2CH4O3S/c4*1-10-11(2)14-8-13(10)9-15(14)12-6-4-3-5-7-12;2*1-5(2,3)4;1-5-4-3-2/h4*3-7,10-11,13-15H,8-9H2,1-2H3;1-2H3;1H3,(H,2,3,4);2H,1H3. The molecule has 0 aliphatic heterocycles. The summed E-state index contributed by atoms with van der Waals surface area (Å²) in [5.74, 6) is 19.0. The highest BCUT2D eigenvalue weighted by Gasteiger charge is 2.51. The largest absolute Gasteiger partial charge is 0.286 e. The zero-order chi connectivity index (χ0) is 54.8. The Bertz CT molecular complexity index is 2170. The van der Waals surface area contributed by atoms with Crippen molar-refractivity contribution in [3.63, 3.8) is 0 Å². The maximum Gasteiger partial charge on any atom is 0.261 e. The molecule has 0 aromatic heterocycles. The van der Waals surface area contributed by atoms with E-state index in [0.717, 1.165) is 143 Å². The van der Waals surface area contributed by atoms with Crippen LogP contribution in [0.2, 0.25) is 0 Å². The molecule has 20 unspecified atom stereocenters. The summed E-state index contributed by atoms with van der Waals surface area (Å²) in [4.78, 5) is 0. The molecular formula is C64H94O8S3. The van der Waals surface area contributed by atoms with Gasteiger partial charge >= 0.3 is 0 Å². The molecule has 11 heteroatoms. The average molecular weight is 1090 g/mol. The van der Waals surface area contributed by atoms with Crippen molar-refractivity contribution in [1.82, 2.24) is 0 Å². The van der Waals surface area contributed by atoms with Crippen molar-refractivity contribution in [2.24, 2.45) is 94.7 Å². The predicted molar refractivity (Wildman–Crippen MR) is 311 cm³/mol. The quantitative estimate of drug-likeness (QED) is 0.0840. The third kappa shape index (κ3) is 16.5. The summed E-state index contributed by atoms with van der Waals surface area (Å²) in [5.41, 5.74) is 6.35. The topological polar surface area (TPSA) is 127 Å². The Kier molecular flexibility index (Phi) is 22.6. The van der Waals surface area contributed by atoms with E-state index in [9.17, 15) is 16.8 Å². The lowest BCUT2D eigenvalue weighted by molar-refractivity contribution is -0.432. The minimum Gasteiger partial charge on any atom is -0.286 e. The Balaban J connectivity index is 0.000000149. The van der Waals surface area contributed by atoms with Gasteiger partial charge in [-0.25, -0.2) is 13.7 Å². The summed E-state index contributed by atoms with van der Waals surface area (Å²) in [6.07, 6.45) is 16.4. The van der Waals surface area contributed by atoms with E-state index in [0.29, 0.717) is 6.26 Å². The van der Waals surface area contributed by atoms with Crippen molar-refractivity contribution in [3.05, 3.63) is 144 Å². The van der Waals surface area contributed by atoms with E-state index in [1.54, 1.807) is 28.5 Å². The Labute approximate surface area is 459 Å². The summed E-state index contributed by atoms with van der Waals surface area (Å²) < 4.78 is 48.9. The second-order valence-corrected chi connectivity index (χ2v) is 28.9. The van der Waals surface area contributed by atoms with Crippen LogP contribution in [0.1, 0.15) is 153 Å². The van der Waals surface area contributed by atoms with Crippen molar-refractivity contribution in [1.29, 1.82) is 0 Å². The lowest BCUT2D eigenvalue weighted by Crippen LogP contribution is -2.22. The molecule has 0 heterocycles. The van der Waals surface area contributed by atoms with Crippen molar-refractivity contribution in [2.45, 2.75) is 130 Å². The smallest absolute Gasteiger partial charge is 0.261 e. The van der Waals surface area contributed by atoms with Gasteiger partial charge in [-0.15, -0.1) is 4.33 Å². The Morgan fingerprint density at radius 2 is 0.573 bits per heavy atom. The maximum atomic E-state index is 9.63. The molecule has 8 bridgehead atoms. The SMILES string of the molecule is CC1C2CC(c3ccccc3)C(C2)C1C.CC1C2CC(c3ccccc3)C(C2)C1C.CC1C2CC(c3ccccc3)C(C2)C1C.CC1C2CC(c3ccccc3)C(C2)C1C.CS(=O)(=O)O.CS(C)(=O)=O.CSOOO. The third-order valence-electron chi connectivity index (χ3n) is 20.6. The molecule has 20 atom stereocenters. The number of hydrogen-bond acceptors (Lipinski definition) is 8. The summed E-state index contributed by atoms with van der Waals surface area (Å²) in [6, 6.07) is 44.6. The Morgan fingerprint density at radius 1 is 0.387 bits per heavy atom. The monoisotopic (exact) mass is 1090 g/mol. The van der Waals surface area contributed by atoms with E-state index in [-0.39, 0.29) is 0 Å². The van der Waals surface area contributed by atoms with Crippen LogP contribution in [0, 0.1) is 94.7 Å². The van der Waals surface area contributed by atoms with Crippen molar-refractivity contribution >= 4 is 32.0 Å². The van der Waals surface area contributed by atoms with E-state index < -0.39 is 20.0 Å². The number of fused-ring (bicyclic) bond motifs is 8. The molecule has 12 rings (SSSR count). The Hall–Kier alpha value is -3.03. The molecule has 416 valence electrons. The van der Waals surface area contributed by atoms with Crippen LogP contribution < -0.4 is 0 Å². The predicted octanol–water partition coefficient (Wildman–Crippen LogP) is 16.2. The first-order valence-electron chi connectivity index (χ1n) is 28.3. The van der Waals surface area contributed by atoms with E-state index in [2.05, 4.69) is 186 Å². The number of sulfone groups is 1. The fraction of sp³-hybridized carbons (Fsp3) is 0.625. The van der Waals surface area contributed by atoms with Crippen LogP contribution in [-0.2, 0) is 29.3 Å². The average Bonchev–Trinajstić information content (AvgIpc) is 4.29. The molecule has 2 N–H and O–H groups in total. The highest BCUT2D eigenvalue weighted by Crippen LogP contribution is 2.61. The molecule has 4 aromatic carbocycles. The summed E-state index contributed by atoms with van der Waals surface area (Å²) in [6.45, 7) is 19.7. The molecule has 4 aromatic rings. The minimum atomic E-state index is -3.67. The molecular weight excluding hydrogens is 993 g/mol. The number of benzene rings is 4. The normalized spacial score (nSPS) is 36.9. The molecule has 8 aliphatic rings. The molecule has 0 spiro atoms. The van der Waals surface area contributed by atoms with Crippen LogP contribution in [0.5, 0.6) is 0 Å². The summed E-state index contributed by atoms with van der Waals surface area (Å²) in [7, 11) is -6.33. The van der Waals surface area contributed by atoms with Gasteiger partial charge in [-0.2, -0.15) is 8.42 Å². The second kappa shape index (κ2) is 27.7. The highest BCUT2D eigenvalue weighted by atomic mass is 32.2. The Morgan fingerprint density at radius 3 is 0.693 bits per heavy atom. The fourth-order valence-corrected chi connectivity index (χ4v) is 16.2. The minimum absolute atomic E-state index is 0.715. The lowest BCUT2D eigenvalue weighted by Gasteiger charge is -2.32. The van der Waals surface area contributed by atoms with Gasteiger partial charge in [0.15, 0.2) is 0 Å². The van der Waals surface area contributed by atoms with Crippen LogP contribution in [0.25, 0.3) is 0 Å². The second-order valence-electron chi connectivity index (χ2n) is 24.7. The van der Waals surface area contributed by atoms with Gasteiger partial charge in [0.05, 0.1) is 6.26 Å². The van der Waals surface area contributed by atoms with Crippen molar-refractivity contribution in [3.8, 4) is 0 Å². The number of hydrogen-bond donors (Lipinski definition) is 2. The van der Waals surface area contributed by atoms with Crippen molar-refractivity contribution < 1.29 is 36.0 Å². The van der Waals surface area contributed by atoms with E-state index in [1.807, 2.05) is 0 Å². The van der Waals surface area contributed by atoms with E-state index in [1.165, 1.54) is 51.4 Å². The van der Waals surface area contributed by atoms with Gasteiger partial charge in [-0.3, -0.25) is 4.55 Å².